The van der Waals surface area contributed by atoms with Gasteiger partial charge in [0.2, 0.25) is 0 Å². The minimum absolute atomic E-state index is 0.0545. The summed E-state index contributed by atoms with van der Waals surface area (Å²) in [6, 6.07) is 8.46. The average molecular weight is 443 g/mol. The Morgan fingerprint density at radius 3 is 2.71 bits per heavy atom. The van der Waals surface area contributed by atoms with Crippen LogP contribution in [-0.4, -0.2) is 40.2 Å². The summed E-state index contributed by atoms with van der Waals surface area (Å²) in [6.07, 6.45) is 2.73. The standard InChI is InChI=1S/C19H15BrN4O4/c1-27-15-6-12-13(7-16(15)28-2)23-18-17(12)21-9-24(19(18)26)22-8-10-5-11(20)3-4-14(10)25/h3-9,23,25H,1-2H3. The molecule has 0 unspecified atom stereocenters. The molecular formula is C19H15BrN4O4. The van der Waals surface area contributed by atoms with Gasteiger partial charge in [0.1, 0.15) is 23.1 Å². The lowest BCUT2D eigenvalue weighted by Crippen LogP contribution is -2.17. The van der Waals surface area contributed by atoms with Crippen LogP contribution in [0.25, 0.3) is 21.9 Å². The third-order valence-corrected chi connectivity index (χ3v) is 4.80. The third kappa shape index (κ3) is 2.99. The topological polar surface area (TPSA) is 102 Å². The van der Waals surface area contributed by atoms with E-state index in [2.05, 4.69) is 31.0 Å². The Kier molecular flexibility index (Phi) is 4.52. The highest BCUT2D eigenvalue weighted by molar-refractivity contribution is 9.10. The van der Waals surface area contributed by atoms with E-state index >= 15 is 0 Å². The highest BCUT2D eigenvalue weighted by Gasteiger charge is 2.14. The largest absolute Gasteiger partial charge is 0.507 e. The van der Waals surface area contributed by atoms with Crippen LogP contribution in [0.1, 0.15) is 5.56 Å². The number of hydrogen-bond acceptors (Lipinski definition) is 6. The Labute approximate surface area is 167 Å². The van der Waals surface area contributed by atoms with E-state index < -0.39 is 0 Å². The smallest absolute Gasteiger partial charge is 0.298 e. The summed E-state index contributed by atoms with van der Waals surface area (Å²) in [6.45, 7) is 0. The van der Waals surface area contributed by atoms with Crippen molar-refractivity contribution in [3.63, 3.8) is 0 Å². The van der Waals surface area contributed by atoms with Crippen LogP contribution in [-0.2, 0) is 0 Å². The van der Waals surface area contributed by atoms with Gasteiger partial charge in [0.05, 0.1) is 26.0 Å². The average Bonchev–Trinajstić information content (AvgIpc) is 3.07. The quantitative estimate of drug-likeness (QED) is 0.472. The number of halogens is 1. The Morgan fingerprint density at radius 1 is 1.21 bits per heavy atom. The molecule has 0 saturated carbocycles. The van der Waals surface area contributed by atoms with Gasteiger partial charge in [-0.3, -0.25) is 4.79 Å². The number of nitrogens with zero attached hydrogens (tertiary/aromatic N) is 3. The first-order chi connectivity index (χ1) is 13.5. The highest BCUT2D eigenvalue weighted by Crippen LogP contribution is 2.34. The molecule has 0 aliphatic rings. The van der Waals surface area contributed by atoms with Gasteiger partial charge in [0.25, 0.3) is 5.56 Å². The molecule has 142 valence electrons. The Balaban J connectivity index is 1.85. The van der Waals surface area contributed by atoms with E-state index in [1.54, 1.807) is 38.5 Å². The summed E-state index contributed by atoms with van der Waals surface area (Å²) < 4.78 is 12.5. The first kappa shape index (κ1) is 18.1. The van der Waals surface area contributed by atoms with Gasteiger partial charge in [-0.05, 0) is 24.3 Å². The molecule has 2 heterocycles. The Hall–Kier alpha value is -3.33. The van der Waals surface area contributed by atoms with Crippen LogP contribution in [0.4, 0.5) is 0 Å². The zero-order valence-electron chi connectivity index (χ0n) is 14.9. The second-order valence-electron chi connectivity index (χ2n) is 5.94. The fraction of sp³-hybridized carbons (Fsp3) is 0.105. The van der Waals surface area contributed by atoms with E-state index in [0.29, 0.717) is 33.6 Å². The lowest BCUT2D eigenvalue weighted by Gasteiger charge is -2.06. The minimum Gasteiger partial charge on any atom is -0.507 e. The van der Waals surface area contributed by atoms with E-state index in [0.717, 1.165) is 14.5 Å². The SMILES string of the molecule is COc1cc2[nH]c3c(=O)n(N=Cc4cc(Br)ccc4O)cnc3c2cc1OC. The van der Waals surface area contributed by atoms with Crippen molar-refractivity contribution in [3.05, 3.63) is 57.0 Å². The van der Waals surface area contributed by atoms with Crippen LogP contribution >= 0.6 is 15.9 Å². The number of aromatic amines is 1. The molecule has 8 nitrogen and oxygen atoms in total. The van der Waals surface area contributed by atoms with E-state index in [9.17, 15) is 9.90 Å². The Morgan fingerprint density at radius 2 is 1.96 bits per heavy atom. The first-order valence-electron chi connectivity index (χ1n) is 8.19. The maximum absolute atomic E-state index is 12.8. The van der Waals surface area contributed by atoms with Crippen molar-refractivity contribution in [2.75, 3.05) is 14.2 Å². The van der Waals surface area contributed by atoms with Crippen LogP contribution in [0.2, 0.25) is 0 Å². The second kappa shape index (κ2) is 7.01. The number of H-pyrrole nitrogens is 1. The fourth-order valence-corrected chi connectivity index (χ4v) is 3.29. The molecule has 0 aliphatic carbocycles. The highest BCUT2D eigenvalue weighted by atomic mass is 79.9. The number of nitrogens with one attached hydrogen (secondary N) is 1. The molecule has 28 heavy (non-hydrogen) atoms. The molecular weight excluding hydrogens is 428 g/mol. The van der Waals surface area contributed by atoms with Crippen molar-refractivity contribution >= 4 is 44.1 Å². The van der Waals surface area contributed by atoms with E-state index in [1.165, 1.54) is 18.6 Å². The fourth-order valence-electron chi connectivity index (χ4n) is 2.91. The molecule has 0 fully saturated rings. The maximum Gasteiger partial charge on any atom is 0.298 e. The van der Waals surface area contributed by atoms with Crippen molar-refractivity contribution in [1.82, 2.24) is 14.6 Å². The van der Waals surface area contributed by atoms with Crippen LogP contribution in [0.5, 0.6) is 17.2 Å². The number of aromatic hydroxyl groups is 1. The second-order valence-corrected chi connectivity index (χ2v) is 6.86. The molecule has 0 radical (unpaired) electrons. The summed E-state index contributed by atoms with van der Waals surface area (Å²) in [5.74, 6) is 1.15. The van der Waals surface area contributed by atoms with Crippen molar-refractivity contribution < 1.29 is 14.6 Å². The van der Waals surface area contributed by atoms with Gasteiger partial charge in [0, 0.05) is 21.5 Å². The molecule has 0 saturated heterocycles. The lowest BCUT2D eigenvalue weighted by atomic mass is 10.2. The Bertz CT molecular complexity index is 1290. The molecule has 4 rings (SSSR count). The van der Waals surface area contributed by atoms with Crippen LogP contribution in [0, 0.1) is 0 Å². The molecule has 0 atom stereocenters. The molecule has 0 aliphatic heterocycles. The van der Waals surface area contributed by atoms with Gasteiger partial charge in [-0.2, -0.15) is 9.78 Å². The van der Waals surface area contributed by atoms with Crippen molar-refractivity contribution in [2.24, 2.45) is 5.10 Å². The number of ether oxygens (including phenoxy) is 2. The number of phenols is 1. The van der Waals surface area contributed by atoms with E-state index in [-0.39, 0.29) is 11.3 Å². The number of aromatic nitrogens is 3. The van der Waals surface area contributed by atoms with Crippen molar-refractivity contribution in [1.29, 1.82) is 0 Å². The number of methoxy groups -OCH3 is 2. The third-order valence-electron chi connectivity index (χ3n) is 4.30. The minimum atomic E-state index is -0.370. The lowest BCUT2D eigenvalue weighted by molar-refractivity contribution is 0.356. The van der Waals surface area contributed by atoms with Gasteiger partial charge >= 0.3 is 0 Å². The van der Waals surface area contributed by atoms with Gasteiger partial charge in [0.15, 0.2) is 11.5 Å². The molecule has 2 N–H and O–H groups in total. The van der Waals surface area contributed by atoms with Gasteiger partial charge in [-0.25, -0.2) is 4.98 Å². The maximum atomic E-state index is 12.8. The number of hydrogen-bond donors (Lipinski definition) is 2. The molecule has 2 aromatic heterocycles. The zero-order valence-corrected chi connectivity index (χ0v) is 16.5. The predicted molar refractivity (Wildman–Crippen MR) is 110 cm³/mol. The number of phenolic OH excluding ortho intramolecular Hbond substituents is 1. The molecule has 0 amide bonds. The number of fused-ring (bicyclic) bond motifs is 3. The first-order valence-corrected chi connectivity index (χ1v) is 8.99. The van der Waals surface area contributed by atoms with E-state index in [4.69, 9.17) is 9.47 Å². The van der Waals surface area contributed by atoms with Crippen molar-refractivity contribution in [2.45, 2.75) is 0 Å². The van der Waals surface area contributed by atoms with Gasteiger partial charge in [-0.1, -0.05) is 15.9 Å². The van der Waals surface area contributed by atoms with Crippen LogP contribution in [0.3, 0.4) is 0 Å². The van der Waals surface area contributed by atoms with Gasteiger partial charge < -0.3 is 19.6 Å². The zero-order chi connectivity index (χ0) is 19.8. The normalized spacial score (nSPS) is 11.5. The predicted octanol–water partition coefficient (Wildman–Crippen LogP) is 3.25. The van der Waals surface area contributed by atoms with Crippen molar-refractivity contribution in [3.8, 4) is 17.2 Å². The summed E-state index contributed by atoms with van der Waals surface area (Å²) in [5, 5.41) is 14.8. The molecule has 9 heteroatoms. The number of rotatable bonds is 4. The summed E-state index contributed by atoms with van der Waals surface area (Å²) in [4.78, 5) is 20.3. The number of benzene rings is 2. The van der Waals surface area contributed by atoms with Crippen LogP contribution in [0.15, 0.2) is 51.0 Å². The summed E-state index contributed by atoms with van der Waals surface area (Å²) in [5.41, 5.74) is 1.61. The monoisotopic (exact) mass is 442 g/mol. The molecule has 0 bridgehead atoms. The van der Waals surface area contributed by atoms with E-state index in [1.807, 2.05) is 0 Å². The van der Waals surface area contributed by atoms with Crippen LogP contribution < -0.4 is 15.0 Å². The molecule has 2 aromatic carbocycles. The molecule has 4 aromatic rings. The summed E-state index contributed by atoms with van der Waals surface area (Å²) in [7, 11) is 3.09. The summed E-state index contributed by atoms with van der Waals surface area (Å²) >= 11 is 3.33. The molecule has 0 spiro atoms. The van der Waals surface area contributed by atoms with Gasteiger partial charge in [-0.15, -0.1) is 0 Å².